The zero-order valence-corrected chi connectivity index (χ0v) is 10.4. The second kappa shape index (κ2) is 8.28. The molecule has 0 aromatic heterocycles. The summed E-state index contributed by atoms with van der Waals surface area (Å²) in [5, 5.41) is 0. The fourth-order valence-corrected chi connectivity index (χ4v) is 2.92. The molecule has 1 saturated carbocycles. The third-order valence-electron chi connectivity index (χ3n) is 3.40. The van der Waals surface area contributed by atoms with Crippen molar-refractivity contribution in [3.63, 3.8) is 0 Å². The molecule has 3 heteroatoms. The molecule has 1 aliphatic carbocycles. The van der Waals surface area contributed by atoms with E-state index < -0.39 is 11.1 Å². The quantitative estimate of drug-likeness (QED) is 0.399. The van der Waals surface area contributed by atoms with Crippen LogP contribution in [0.15, 0.2) is 0 Å². The van der Waals surface area contributed by atoms with Gasteiger partial charge in [-0.15, -0.1) is 0 Å². The van der Waals surface area contributed by atoms with Crippen LogP contribution in [0.5, 0.6) is 0 Å². The monoisotopic (exact) mass is 231 g/mol. The topological polar surface area (TPSA) is 40.1 Å². The molecule has 0 saturated heterocycles. The smallest absolute Gasteiger partial charge is 0.0102 e. The van der Waals surface area contributed by atoms with E-state index in [2.05, 4.69) is 0 Å². The Morgan fingerprint density at radius 1 is 1.00 bits per heavy atom. The Bertz CT molecular complexity index is 174. The predicted molar refractivity (Wildman–Crippen MR) is 63.4 cm³/mol. The minimum Gasteiger partial charge on any atom is -0.772 e. The average Bonchev–Trinajstić information content (AvgIpc) is 2.45. The van der Waals surface area contributed by atoms with E-state index >= 15 is 0 Å². The highest BCUT2D eigenvalue weighted by Gasteiger charge is 2.11. The molecule has 90 valence electrons. The maximum absolute atomic E-state index is 10.3. The SMILES string of the molecule is O=S([O-])CCCCCC1CCCCCC1. The Labute approximate surface area is 96.1 Å². The number of hydrogen-bond acceptors (Lipinski definition) is 2. The number of rotatable bonds is 6. The van der Waals surface area contributed by atoms with Crippen molar-refractivity contribution in [3.05, 3.63) is 0 Å². The van der Waals surface area contributed by atoms with Gasteiger partial charge in [-0.3, -0.25) is 4.21 Å². The molecule has 2 nitrogen and oxygen atoms in total. The molecule has 0 aromatic rings. The molecular formula is C12H23O2S-. The van der Waals surface area contributed by atoms with E-state index in [1.54, 1.807) is 0 Å². The second-order valence-corrected chi connectivity index (χ2v) is 5.73. The van der Waals surface area contributed by atoms with Crippen molar-refractivity contribution in [2.75, 3.05) is 5.75 Å². The van der Waals surface area contributed by atoms with Crippen molar-refractivity contribution < 1.29 is 8.76 Å². The van der Waals surface area contributed by atoms with Crippen molar-refractivity contribution in [3.8, 4) is 0 Å². The van der Waals surface area contributed by atoms with Gasteiger partial charge in [0.15, 0.2) is 0 Å². The van der Waals surface area contributed by atoms with E-state index in [4.69, 9.17) is 0 Å². The summed E-state index contributed by atoms with van der Waals surface area (Å²) in [6.45, 7) is 0. The van der Waals surface area contributed by atoms with Gasteiger partial charge in [0.1, 0.15) is 0 Å². The minimum atomic E-state index is -1.83. The average molecular weight is 231 g/mol. The molecule has 0 bridgehead atoms. The second-order valence-electron chi connectivity index (χ2n) is 4.71. The van der Waals surface area contributed by atoms with Crippen LogP contribution in [0.25, 0.3) is 0 Å². The highest BCUT2D eigenvalue weighted by Crippen LogP contribution is 2.26. The first-order valence-corrected chi connectivity index (χ1v) is 7.59. The number of hydrogen-bond donors (Lipinski definition) is 0. The van der Waals surface area contributed by atoms with Gasteiger partial charge in [-0.1, -0.05) is 68.9 Å². The standard InChI is InChI=1S/C12H24O2S/c13-15(14)11-7-3-6-10-12-8-4-1-2-5-9-12/h12H,1-11H2,(H,13,14)/p-1. The first-order chi connectivity index (χ1) is 7.29. The van der Waals surface area contributed by atoms with Crippen molar-refractivity contribution >= 4 is 11.1 Å². The van der Waals surface area contributed by atoms with Gasteiger partial charge < -0.3 is 4.55 Å². The van der Waals surface area contributed by atoms with Gasteiger partial charge in [0.05, 0.1) is 0 Å². The van der Waals surface area contributed by atoms with Gasteiger partial charge in [0.2, 0.25) is 0 Å². The molecule has 0 amide bonds. The van der Waals surface area contributed by atoms with E-state index in [1.807, 2.05) is 0 Å². The Balaban J connectivity index is 1.96. The van der Waals surface area contributed by atoms with Gasteiger partial charge in [-0.05, 0) is 12.3 Å². The highest BCUT2D eigenvalue weighted by atomic mass is 32.2. The van der Waals surface area contributed by atoms with Gasteiger partial charge >= 0.3 is 0 Å². The summed E-state index contributed by atoms with van der Waals surface area (Å²) in [7, 11) is 0. The van der Waals surface area contributed by atoms with Crippen LogP contribution in [-0.4, -0.2) is 14.5 Å². The minimum absolute atomic E-state index is 0.352. The molecule has 0 heterocycles. The third-order valence-corrected chi connectivity index (χ3v) is 4.02. The molecule has 1 atom stereocenters. The molecule has 1 rings (SSSR count). The van der Waals surface area contributed by atoms with E-state index in [0.717, 1.165) is 18.8 Å². The molecule has 0 aliphatic heterocycles. The summed E-state index contributed by atoms with van der Waals surface area (Å²) >= 11 is -1.83. The fraction of sp³-hybridized carbons (Fsp3) is 1.00. The van der Waals surface area contributed by atoms with Crippen LogP contribution in [0.4, 0.5) is 0 Å². The van der Waals surface area contributed by atoms with Gasteiger partial charge in [-0.2, -0.15) is 0 Å². The lowest BCUT2D eigenvalue weighted by atomic mass is 9.94. The van der Waals surface area contributed by atoms with E-state index in [0.29, 0.717) is 5.75 Å². The Kier molecular flexibility index (Phi) is 7.28. The van der Waals surface area contributed by atoms with Gasteiger partial charge in [0, 0.05) is 5.75 Å². The van der Waals surface area contributed by atoms with Crippen molar-refractivity contribution in [2.45, 2.75) is 64.2 Å². The maximum atomic E-state index is 10.3. The van der Waals surface area contributed by atoms with Crippen LogP contribution >= 0.6 is 0 Å². The summed E-state index contributed by atoms with van der Waals surface area (Å²) in [5.41, 5.74) is 0. The zero-order valence-electron chi connectivity index (χ0n) is 9.58. The fourth-order valence-electron chi connectivity index (χ4n) is 2.48. The molecule has 1 aliphatic rings. The van der Waals surface area contributed by atoms with Crippen molar-refractivity contribution in [2.24, 2.45) is 5.92 Å². The molecule has 0 radical (unpaired) electrons. The Morgan fingerprint density at radius 3 is 2.27 bits per heavy atom. The van der Waals surface area contributed by atoms with E-state index in [-0.39, 0.29) is 0 Å². The van der Waals surface area contributed by atoms with Crippen LogP contribution in [0, 0.1) is 5.92 Å². The lowest BCUT2D eigenvalue weighted by Gasteiger charge is -2.13. The maximum Gasteiger partial charge on any atom is 0.0102 e. The highest BCUT2D eigenvalue weighted by molar-refractivity contribution is 7.79. The molecule has 0 N–H and O–H groups in total. The van der Waals surface area contributed by atoms with Crippen LogP contribution in [0.3, 0.4) is 0 Å². The summed E-state index contributed by atoms with van der Waals surface area (Å²) in [4.78, 5) is 0. The summed E-state index contributed by atoms with van der Waals surface area (Å²) in [6, 6.07) is 0. The third kappa shape index (κ3) is 7.07. The molecular weight excluding hydrogens is 208 g/mol. The van der Waals surface area contributed by atoms with E-state index in [1.165, 1.54) is 51.4 Å². The van der Waals surface area contributed by atoms with Gasteiger partial charge in [-0.25, -0.2) is 0 Å². The van der Waals surface area contributed by atoms with E-state index in [9.17, 15) is 8.76 Å². The Hall–Kier alpha value is 0.110. The largest absolute Gasteiger partial charge is 0.772 e. The van der Waals surface area contributed by atoms with Crippen molar-refractivity contribution in [1.82, 2.24) is 0 Å². The van der Waals surface area contributed by atoms with Crippen LogP contribution in [0.2, 0.25) is 0 Å². The van der Waals surface area contributed by atoms with Gasteiger partial charge in [0.25, 0.3) is 0 Å². The zero-order chi connectivity index (χ0) is 10.9. The number of unbranched alkanes of at least 4 members (excludes halogenated alkanes) is 2. The first kappa shape index (κ1) is 13.2. The first-order valence-electron chi connectivity index (χ1n) is 6.35. The lowest BCUT2D eigenvalue weighted by molar-refractivity contribution is 0.408. The molecule has 0 aromatic carbocycles. The lowest BCUT2D eigenvalue weighted by Crippen LogP contribution is -2.00. The van der Waals surface area contributed by atoms with Crippen molar-refractivity contribution in [1.29, 1.82) is 0 Å². The molecule has 1 unspecified atom stereocenters. The summed E-state index contributed by atoms with van der Waals surface area (Å²) < 4.78 is 20.6. The molecule has 0 spiro atoms. The predicted octanol–water partition coefficient (Wildman–Crippen LogP) is 3.40. The summed E-state index contributed by atoms with van der Waals surface area (Å²) in [6.07, 6.45) is 13.0. The Morgan fingerprint density at radius 2 is 1.67 bits per heavy atom. The van der Waals surface area contributed by atoms with Crippen LogP contribution in [0.1, 0.15) is 64.2 Å². The molecule has 15 heavy (non-hydrogen) atoms. The normalized spacial score (nSPS) is 21.1. The van der Waals surface area contributed by atoms with Crippen LogP contribution in [-0.2, 0) is 11.1 Å². The summed E-state index contributed by atoms with van der Waals surface area (Å²) in [5.74, 6) is 1.29. The van der Waals surface area contributed by atoms with Crippen LogP contribution < -0.4 is 0 Å². The molecule has 1 fully saturated rings.